The van der Waals surface area contributed by atoms with Gasteiger partial charge in [-0.05, 0) is 32.7 Å². The van der Waals surface area contributed by atoms with Crippen LogP contribution in [0.15, 0.2) is 12.1 Å². The van der Waals surface area contributed by atoms with Crippen LogP contribution in [0.5, 0.6) is 5.75 Å². The lowest BCUT2D eigenvalue weighted by molar-refractivity contribution is 0.117. The second kappa shape index (κ2) is 6.87. The Kier molecular flexibility index (Phi) is 5.16. The molecule has 1 aromatic heterocycles. The van der Waals surface area contributed by atoms with Crippen molar-refractivity contribution in [3.05, 3.63) is 23.5 Å². The minimum atomic E-state index is 0.722. The van der Waals surface area contributed by atoms with Gasteiger partial charge >= 0.3 is 0 Å². The maximum atomic E-state index is 5.64. The fourth-order valence-corrected chi connectivity index (χ4v) is 2.55. The van der Waals surface area contributed by atoms with Crippen LogP contribution in [0.3, 0.4) is 0 Å². The molecule has 1 heterocycles. The Bertz CT molecular complexity index is 404. The van der Waals surface area contributed by atoms with Crippen LogP contribution in [-0.2, 0) is 6.54 Å². The van der Waals surface area contributed by atoms with Gasteiger partial charge < -0.3 is 10.5 Å². The van der Waals surface area contributed by atoms with Crippen molar-refractivity contribution in [3.8, 4) is 5.75 Å². The van der Waals surface area contributed by atoms with Crippen molar-refractivity contribution in [1.29, 1.82) is 0 Å². The van der Waals surface area contributed by atoms with Crippen LogP contribution in [-0.4, -0.2) is 36.1 Å². The third kappa shape index (κ3) is 3.91. The van der Waals surface area contributed by atoms with E-state index in [-0.39, 0.29) is 0 Å². The minimum absolute atomic E-state index is 0.722. The molecule has 106 valence electrons. The van der Waals surface area contributed by atoms with Gasteiger partial charge in [-0.3, -0.25) is 9.88 Å². The van der Waals surface area contributed by atoms with Crippen molar-refractivity contribution >= 4 is 0 Å². The van der Waals surface area contributed by atoms with Crippen molar-refractivity contribution in [2.24, 2.45) is 5.73 Å². The average molecular weight is 263 g/mol. The number of methoxy groups -OCH3 is 1. The molecule has 4 heteroatoms. The quantitative estimate of drug-likeness (QED) is 0.818. The Balaban J connectivity index is 2.04. The van der Waals surface area contributed by atoms with Gasteiger partial charge in [-0.2, -0.15) is 0 Å². The first-order valence-corrected chi connectivity index (χ1v) is 7.18. The predicted octanol–water partition coefficient (Wildman–Crippen LogP) is 2.10. The smallest absolute Gasteiger partial charge is 0.122 e. The topological polar surface area (TPSA) is 51.4 Å². The van der Waals surface area contributed by atoms with E-state index in [9.17, 15) is 0 Å². The highest BCUT2D eigenvalue weighted by Gasteiger charge is 2.24. The van der Waals surface area contributed by atoms with Gasteiger partial charge in [-0.25, -0.2) is 0 Å². The summed E-state index contributed by atoms with van der Waals surface area (Å²) in [5.41, 5.74) is 7.75. The van der Waals surface area contributed by atoms with Crippen molar-refractivity contribution in [2.75, 3.05) is 20.2 Å². The summed E-state index contributed by atoms with van der Waals surface area (Å²) in [6.45, 7) is 4.75. The lowest BCUT2D eigenvalue weighted by atomic mass is 9.91. The van der Waals surface area contributed by atoms with Crippen molar-refractivity contribution in [2.45, 2.75) is 45.2 Å². The van der Waals surface area contributed by atoms with E-state index in [1.54, 1.807) is 7.11 Å². The summed E-state index contributed by atoms with van der Waals surface area (Å²) in [6.07, 6.45) is 5.04. The molecule has 0 saturated heterocycles. The van der Waals surface area contributed by atoms with E-state index in [4.69, 9.17) is 10.5 Å². The number of hydrogen-bond donors (Lipinski definition) is 1. The van der Waals surface area contributed by atoms with Crippen LogP contribution < -0.4 is 10.5 Å². The van der Waals surface area contributed by atoms with Gasteiger partial charge in [0.2, 0.25) is 0 Å². The molecule has 1 aromatic rings. The lowest BCUT2D eigenvalue weighted by Gasteiger charge is -2.37. The molecule has 4 nitrogen and oxygen atoms in total. The number of nitrogens with zero attached hydrogens (tertiary/aromatic N) is 2. The lowest BCUT2D eigenvalue weighted by Crippen LogP contribution is -2.40. The summed E-state index contributed by atoms with van der Waals surface area (Å²) in [5.74, 6) is 0.898. The maximum Gasteiger partial charge on any atom is 0.122 e. The fourth-order valence-electron chi connectivity index (χ4n) is 2.55. The summed E-state index contributed by atoms with van der Waals surface area (Å²) >= 11 is 0. The van der Waals surface area contributed by atoms with E-state index < -0.39 is 0 Å². The first kappa shape index (κ1) is 14.3. The molecule has 1 aliphatic rings. The zero-order valence-electron chi connectivity index (χ0n) is 12.1. The molecular weight excluding hydrogens is 238 g/mol. The molecule has 19 heavy (non-hydrogen) atoms. The number of pyridine rings is 1. The number of ether oxygens (including phenoxy) is 1. The average Bonchev–Trinajstić information content (AvgIpc) is 2.33. The number of aryl methyl sites for hydroxylation is 1. The molecular formula is C15H25N3O. The minimum Gasteiger partial charge on any atom is -0.497 e. The summed E-state index contributed by atoms with van der Waals surface area (Å²) in [4.78, 5) is 7.14. The Morgan fingerprint density at radius 3 is 2.79 bits per heavy atom. The van der Waals surface area contributed by atoms with E-state index >= 15 is 0 Å². The summed E-state index contributed by atoms with van der Waals surface area (Å²) in [6, 6.07) is 4.73. The Hall–Kier alpha value is -1.13. The standard InChI is InChI=1S/C15H25N3O/c1-12-9-15(19-2)10-13(17-12)11-18(8-4-7-16)14-5-3-6-14/h9-10,14H,3-8,11,16H2,1-2H3. The highest BCUT2D eigenvalue weighted by molar-refractivity contribution is 5.26. The van der Waals surface area contributed by atoms with Gasteiger partial charge in [-0.15, -0.1) is 0 Å². The van der Waals surface area contributed by atoms with Gasteiger partial charge in [0.25, 0.3) is 0 Å². The van der Waals surface area contributed by atoms with E-state index in [0.717, 1.165) is 49.2 Å². The van der Waals surface area contributed by atoms with Crippen LogP contribution in [0.1, 0.15) is 37.1 Å². The van der Waals surface area contributed by atoms with E-state index in [1.807, 2.05) is 19.1 Å². The molecule has 0 radical (unpaired) electrons. The van der Waals surface area contributed by atoms with Crippen LogP contribution in [0.2, 0.25) is 0 Å². The zero-order valence-corrected chi connectivity index (χ0v) is 12.1. The number of nitrogens with two attached hydrogens (primary N) is 1. The van der Waals surface area contributed by atoms with E-state index in [2.05, 4.69) is 9.88 Å². The molecule has 0 bridgehead atoms. The molecule has 1 fully saturated rings. The van der Waals surface area contributed by atoms with E-state index in [1.165, 1.54) is 19.3 Å². The molecule has 0 aromatic carbocycles. The van der Waals surface area contributed by atoms with Crippen molar-refractivity contribution in [3.63, 3.8) is 0 Å². The monoisotopic (exact) mass is 263 g/mol. The molecule has 2 N–H and O–H groups in total. The fraction of sp³-hybridized carbons (Fsp3) is 0.667. The maximum absolute atomic E-state index is 5.64. The largest absolute Gasteiger partial charge is 0.497 e. The Morgan fingerprint density at radius 2 is 2.21 bits per heavy atom. The summed E-state index contributed by atoms with van der Waals surface area (Å²) in [5, 5.41) is 0. The molecule has 0 atom stereocenters. The summed E-state index contributed by atoms with van der Waals surface area (Å²) in [7, 11) is 1.71. The van der Waals surface area contributed by atoms with Gasteiger partial charge in [-0.1, -0.05) is 6.42 Å². The Labute approximate surface area is 116 Å². The third-order valence-electron chi connectivity index (χ3n) is 3.82. The molecule has 1 aliphatic carbocycles. The second-order valence-electron chi connectivity index (χ2n) is 5.34. The normalized spacial score (nSPS) is 15.6. The number of rotatable bonds is 7. The van der Waals surface area contributed by atoms with Crippen molar-refractivity contribution < 1.29 is 4.74 Å². The molecule has 2 rings (SSSR count). The van der Waals surface area contributed by atoms with E-state index in [0.29, 0.717) is 0 Å². The Morgan fingerprint density at radius 1 is 1.42 bits per heavy atom. The predicted molar refractivity (Wildman–Crippen MR) is 77.2 cm³/mol. The highest BCUT2D eigenvalue weighted by Crippen LogP contribution is 2.26. The van der Waals surface area contributed by atoms with Crippen LogP contribution in [0, 0.1) is 6.92 Å². The van der Waals surface area contributed by atoms with Gasteiger partial charge in [0.1, 0.15) is 5.75 Å². The first-order valence-electron chi connectivity index (χ1n) is 7.18. The van der Waals surface area contributed by atoms with Crippen LogP contribution in [0.4, 0.5) is 0 Å². The summed E-state index contributed by atoms with van der Waals surface area (Å²) < 4.78 is 5.32. The highest BCUT2D eigenvalue weighted by atomic mass is 16.5. The van der Waals surface area contributed by atoms with Gasteiger partial charge in [0.15, 0.2) is 0 Å². The number of aromatic nitrogens is 1. The zero-order chi connectivity index (χ0) is 13.7. The van der Waals surface area contributed by atoms with Crippen molar-refractivity contribution in [1.82, 2.24) is 9.88 Å². The van der Waals surface area contributed by atoms with Gasteiger partial charge in [0, 0.05) is 37.0 Å². The molecule has 1 saturated carbocycles. The molecule has 0 amide bonds. The van der Waals surface area contributed by atoms with Crippen LogP contribution >= 0.6 is 0 Å². The molecule has 0 spiro atoms. The third-order valence-corrected chi connectivity index (χ3v) is 3.82. The second-order valence-corrected chi connectivity index (χ2v) is 5.34. The van der Waals surface area contributed by atoms with Gasteiger partial charge in [0.05, 0.1) is 12.8 Å². The van der Waals surface area contributed by atoms with Crippen LogP contribution in [0.25, 0.3) is 0 Å². The molecule has 0 unspecified atom stereocenters. The number of hydrogen-bond acceptors (Lipinski definition) is 4. The molecule has 0 aliphatic heterocycles. The SMILES string of the molecule is COc1cc(C)nc(CN(CCCN)C2CCC2)c1. The first-order chi connectivity index (χ1) is 9.22.